The second-order valence-corrected chi connectivity index (χ2v) is 6.28. The highest BCUT2D eigenvalue weighted by atomic mass is 16.5. The highest BCUT2D eigenvalue weighted by Crippen LogP contribution is 2.35. The van der Waals surface area contributed by atoms with Crippen LogP contribution in [0.15, 0.2) is 103 Å². The Hall–Kier alpha value is -3.72. The van der Waals surface area contributed by atoms with E-state index in [1.807, 2.05) is 42.5 Å². The van der Waals surface area contributed by atoms with Gasteiger partial charge in [-0.15, -0.1) is 0 Å². The number of benzene rings is 3. The number of para-hydroxylation sites is 2. The molecule has 0 bridgehead atoms. The maximum absolute atomic E-state index is 5.38. The average molecular weight is 364 g/mol. The molecular formula is C25H20N2O. The molecular weight excluding hydrogens is 344 g/mol. The van der Waals surface area contributed by atoms with Crippen molar-refractivity contribution in [3.8, 4) is 16.9 Å². The van der Waals surface area contributed by atoms with Crippen molar-refractivity contribution in [2.75, 3.05) is 7.11 Å². The zero-order valence-corrected chi connectivity index (χ0v) is 15.6. The van der Waals surface area contributed by atoms with Gasteiger partial charge in [0, 0.05) is 28.7 Å². The van der Waals surface area contributed by atoms with Crippen LogP contribution in [0.1, 0.15) is 0 Å². The minimum absolute atomic E-state index is 0.863. The molecule has 2 heterocycles. The Kier molecular flexibility index (Phi) is 5.25. The molecule has 0 aliphatic carbocycles. The Bertz CT molecular complexity index is 1120. The van der Waals surface area contributed by atoms with Crippen LogP contribution in [-0.4, -0.2) is 17.1 Å². The number of aromatic nitrogens is 2. The van der Waals surface area contributed by atoms with Crippen molar-refractivity contribution in [1.29, 1.82) is 0 Å². The smallest absolute Gasteiger partial charge is 0.119 e. The normalized spacial score (nSPS) is 10.3. The van der Waals surface area contributed by atoms with Gasteiger partial charge in [-0.05, 0) is 42.0 Å². The number of methoxy groups -OCH3 is 1. The third-order valence-corrected chi connectivity index (χ3v) is 4.51. The Morgan fingerprint density at radius 2 is 1.29 bits per heavy atom. The molecule has 0 unspecified atom stereocenters. The van der Waals surface area contributed by atoms with Crippen LogP contribution in [0.5, 0.6) is 5.75 Å². The van der Waals surface area contributed by atoms with Crippen LogP contribution in [-0.2, 0) is 0 Å². The predicted octanol–water partition coefficient (Wildman–Crippen LogP) is 6.15. The van der Waals surface area contributed by atoms with E-state index < -0.39 is 0 Å². The Balaban J connectivity index is 0.000000275. The van der Waals surface area contributed by atoms with Crippen LogP contribution < -0.4 is 4.74 Å². The lowest BCUT2D eigenvalue weighted by Crippen LogP contribution is -1.89. The largest absolute Gasteiger partial charge is 0.497 e. The molecule has 0 saturated heterocycles. The monoisotopic (exact) mass is 364 g/mol. The van der Waals surface area contributed by atoms with E-state index in [4.69, 9.17) is 9.72 Å². The van der Waals surface area contributed by atoms with Crippen molar-refractivity contribution in [2.45, 2.75) is 0 Å². The minimum atomic E-state index is 0.863. The predicted molar refractivity (Wildman–Crippen MR) is 115 cm³/mol. The summed E-state index contributed by atoms with van der Waals surface area (Å²) >= 11 is 0. The minimum Gasteiger partial charge on any atom is -0.497 e. The fourth-order valence-electron chi connectivity index (χ4n) is 3.24. The summed E-state index contributed by atoms with van der Waals surface area (Å²) in [4.78, 5) is 8.56. The van der Waals surface area contributed by atoms with Gasteiger partial charge in [0.15, 0.2) is 0 Å². The number of ether oxygens (including phenoxy) is 1. The summed E-state index contributed by atoms with van der Waals surface area (Å²) in [6.07, 6.45) is 3.50. The Labute approximate surface area is 164 Å². The SMILES string of the molecule is COc1cccc(-c2c3ccccc3nc3ccccc23)c1.c1ccncc1. The van der Waals surface area contributed by atoms with Crippen LogP contribution in [0.2, 0.25) is 0 Å². The lowest BCUT2D eigenvalue weighted by atomic mass is 9.96. The number of rotatable bonds is 2. The van der Waals surface area contributed by atoms with E-state index >= 15 is 0 Å². The van der Waals surface area contributed by atoms with Crippen LogP contribution in [0, 0.1) is 0 Å². The number of nitrogens with zero attached hydrogens (tertiary/aromatic N) is 2. The summed E-state index contributed by atoms with van der Waals surface area (Å²) in [5, 5.41) is 2.32. The number of fused-ring (bicyclic) bond motifs is 2. The molecule has 2 aromatic heterocycles. The molecule has 3 aromatic carbocycles. The van der Waals surface area contributed by atoms with Crippen LogP contribution in [0.3, 0.4) is 0 Å². The summed E-state index contributed by atoms with van der Waals surface area (Å²) in [6, 6.07) is 30.5. The molecule has 0 saturated carbocycles. The lowest BCUT2D eigenvalue weighted by molar-refractivity contribution is 0.415. The van der Waals surface area contributed by atoms with E-state index in [2.05, 4.69) is 53.5 Å². The first-order chi connectivity index (χ1) is 13.9. The molecule has 0 spiro atoms. The topological polar surface area (TPSA) is 35.0 Å². The maximum atomic E-state index is 5.38. The van der Waals surface area contributed by atoms with Gasteiger partial charge in [0.05, 0.1) is 18.1 Å². The highest BCUT2D eigenvalue weighted by Gasteiger charge is 2.11. The quantitative estimate of drug-likeness (QED) is 0.353. The molecule has 28 heavy (non-hydrogen) atoms. The van der Waals surface area contributed by atoms with Gasteiger partial charge in [0.25, 0.3) is 0 Å². The molecule has 3 nitrogen and oxygen atoms in total. The van der Waals surface area contributed by atoms with E-state index in [0.717, 1.165) is 33.1 Å². The van der Waals surface area contributed by atoms with Crippen molar-refractivity contribution >= 4 is 21.8 Å². The molecule has 5 aromatic rings. The average Bonchev–Trinajstić information content (AvgIpc) is 2.79. The van der Waals surface area contributed by atoms with Gasteiger partial charge in [0.2, 0.25) is 0 Å². The molecule has 0 fully saturated rings. The van der Waals surface area contributed by atoms with Gasteiger partial charge in [-0.1, -0.05) is 54.6 Å². The standard InChI is InChI=1S/C20H15NO.C5H5N/c1-22-15-8-6-7-14(13-15)20-16-9-2-4-11-18(16)21-19-12-5-3-10-17(19)20;1-2-4-6-5-3-1/h2-13H,1H3;1-5H. The summed E-state index contributed by atoms with van der Waals surface area (Å²) in [6.45, 7) is 0. The van der Waals surface area contributed by atoms with E-state index in [-0.39, 0.29) is 0 Å². The first-order valence-corrected chi connectivity index (χ1v) is 9.14. The maximum Gasteiger partial charge on any atom is 0.119 e. The van der Waals surface area contributed by atoms with Crippen molar-refractivity contribution < 1.29 is 4.74 Å². The third kappa shape index (κ3) is 3.69. The van der Waals surface area contributed by atoms with Crippen molar-refractivity contribution in [3.05, 3.63) is 103 Å². The fourth-order valence-corrected chi connectivity index (χ4v) is 3.24. The molecule has 3 heteroatoms. The van der Waals surface area contributed by atoms with E-state index in [1.165, 1.54) is 5.56 Å². The van der Waals surface area contributed by atoms with Crippen molar-refractivity contribution in [1.82, 2.24) is 9.97 Å². The molecule has 136 valence electrons. The van der Waals surface area contributed by atoms with Gasteiger partial charge in [0.1, 0.15) is 5.75 Å². The van der Waals surface area contributed by atoms with Crippen LogP contribution >= 0.6 is 0 Å². The lowest BCUT2D eigenvalue weighted by Gasteiger charge is -2.12. The Morgan fingerprint density at radius 3 is 1.82 bits per heavy atom. The molecule has 5 rings (SSSR count). The van der Waals surface area contributed by atoms with Crippen molar-refractivity contribution in [2.24, 2.45) is 0 Å². The molecule has 0 aliphatic rings. The summed E-state index contributed by atoms with van der Waals surface area (Å²) < 4.78 is 5.38. The van der Waals surface area contributed by atoms with Gasteiger partial charge >= 0.3 is 0 Å². The summed E-state index contributed by atoms with van der Waals surface area (Å²) in [5.74, 6) is 0.863. The first-order valence-electron chi connectivity index (χ1n) is 9.14. The van der Waals surface area contributed by atoms with Gasteiger partial charge < -0.3 is 4.74 Å². The van der Waals surface area contributed by atoms with Gasteiger partial charge in [-0.2, -0.15) is 0 Å². The van der Waals surface area contributed by atoms with E-state index in [0.29, 0.717) is 0 Å². The van der Waals surface area contributed by atoms with Gasteiger partial charge in [-0.3, -0.25) is 4.98 Å². The molecule has 0 N–H and O–H groups in total. The fraction of sp³-hybridized carbons (Fsp3) is 0.0400. The van der Waals surface area contributed by atoms with Gasteiger partial charge in [-0.25, -0.2) is 4.98 Å². The van der Waals surface area contributed by atoms with E-state index in [1.54, 1.807) is 19.5 Å². The second-order valence-electron chi connectivity index (χ2n) is 6.28. The molecule has 0 amide bonds. The number of hydrogen-bond acceptors (Lipinski definition) is 3. The number of pyridine rings is 2. The highest BCUT2D eigenvalue weighted by molar-refractivity contribution is 6.09. The van der Waals surface area contributed by atoms with Crippen LogP contribution in [0.4, 0.5) is 0 Å². The van der Waals surface area contributed by atoms with Crippen molar-refractivity contribution in [3.63, 3.8) is 0 Å². The van der Waals surface area contributed by atoms with E-state index in [9.17, 15) is 0 Å². The molecule has 0 radical (unpaired) electrons. The zero-order valence-electron chi connectivity index (χ0n) is 15.6. The molecule has 0 atom stereocenters. The summed E-state index contributed by atoms with van der Waals surface area (Å²) in [7, 11) is 1.70. The molecule has 0 aliphatic heterocycles. The van der Waals surface area contributed by atoms with Crippen LogP contribution in [0.25, 0.3) is 32.9 Å². The number of hydrogen-bond donors (Lipinski definition) is 0. The zero-order chi connectivity index (χ0) is 19.2. The summed E-state index contributed by atoms with van der Waals surface area (Å²) in [5.41, 5.74) is 4.38. The third-order valence-electron chi connectivity index (χ3n) is 4.51. The Morgan fingerprint density at radius 1 is 0.643 bits per heavy atom. The second kappa shape index (κ2) is 8.31. The first kappa shape index (κ1) is 17.7.